The molecular weight excluding hydrogens is 318 g/mol. The lowest BCUT2D eigenvalue weighted by Gasteiger charge is -2.09. The highest BCUT2D eigenvalue weighted by Gasteiger charge is 2.25. The molecule has 4 heterocycles. The maximum atomic E-state index is 4.84. The van der Waals surface area contributed by atoms with E-state index in [-0.39, 0.29) is 0 Å². The molecule has 4 aromatic rings. The average molecular weight is 333 g/mol. The van der Waals surface area contributed by atoms with Crippen LogP contribution in [0.15, 0.2) is 41.9 Å². The van der Waals surface area contributed by atoms with E-state index in [0.29, 0.717) is 0 Å². The third-order valence-corrected chi connectivity index (χ3v) is 5.20. The molecule has 0 unspecified atom stereocenters. The molecule has 1 aromatic carbocycles. The minimum atomic E-state index is 0.912. The van der Waals surface area contributed by atoms with Crippen molar-refractivity contribution in [3.05, 3.63) is 47.6 Å². The molecule has 118 valence electrons. The zero-order valence-corrected chi connectivity index (χ0v) is 14.0. The summed E-state index contributed by atoms with van der Waals surface area (Å²) in [6, 6.07) is 12.3. The topological polar surface area (TPSA) is 55.6 Å². The summed E-state index contributed by atoms with van der Waals surface area (Å²) in [5.74, 6) is 0.921. The van der Waals surface area contributed by atoms with Gasteiger partial charge in [-0.1, -0.05) is 18.2 Å². The lowest BCUT2D eigenvalue weighted by Crippen LogP contribution is -1.99. The maximum absolute atomic E-state index is 4.84. The first kappa shape index (κ1) is 13.7. The van der Waals surface area contributed by atoms with Crippen LogP contribution < -0.4 is 5.32 Å². The van der Waals surface area contributed by atoms with Gasteiger partial charge < -0.3 is 9.88 Å². The molecule has 5 nitrogen and oxygen atoms in total. The number of nitrogens with one attached hydrogen (secondary N) is 1. The van der Waals surface area contributed by atoms with Crippen molar-refractivity contribution in [3.63, 3.8) is 0 Å². The number of anilines is 1. The van der Waals surface area contributed by atoms with Crippen molar-refractivity contribution in [2.45, 2.75) is 13.5 Å². The van der Waals surface area contributed by atoms with Gasteiger partial charge in [-0.15, -0.1) is 11.3 Å². The Morgan fingerprint density at radius 1 is 1.12 bits per heavy atom. The van der Waals surface area contributed by atoms with Gasteiger partial charge in [0.25, 0.3) is 0 Å². The predicted octanol–water partition coefficient (Wildman–Crippen LogP) is 3.96. The normalized spacial score (nSPS) is 13.2. The van der Waals surface area contributed by atoms with E-state index in [4.69, 9.17) is 9.97 Å². The van der Waals surface area contributed by atoms with Gasteiger partial charge in [0.05, 0.1) is 27.1 Å². The van der Waals surface area contributed by atoms with E-state index < -0.39 is 0 Å². The van der Waals surface area contributed by atoms with E-state index in [1.807, 2.05) is 30.6 Å². The number of thiazole rings is 1. The zero-order chi connectivity index (χ0) is 16.1. The van der Waals surface area contributed by atoms with Gasteiger partial charge in [-0.3, -0.25) is 4.98 Å². The SMILES string of the molecule is Cc1cccc(-c2nc3n(c2-c2cccc4ncsc24)CCN3)n1. The number of imidazole rings is 1. The number of aromatic nitrogens is 4. The fourth-order valence-corrected chi connectivity index (χ4v) is 4.09. The number of hydrogen-bond acceptors (Lipinski definition) is 5. The third kappa shape index (κ3) is 1.96. The number of pyridine rings is 1. The Kier molecular flexibility index (Phi) is 2.93. The fourth-order valence-electron chi connectivity index (χ4n) is 3.28. The van der Waals surface area contributed by atoms with E-state index in [9.17, 15) is 0 Å². The monoisotopic (exact) mass is 333 g/mol. The Morgan fingerprint density at radius 3 is 2.96 bits per heavy atom. The molecule has 1 N–H and O–H groups in total. The first-order valence-corrected chi connectivity index (χ1v) is 8.80. The Hall–Kier alpha value is -2.73. The molecule has 5 rings (SSSR count). The molecule has 3 aromatic heterocycles. The van der Waals surface area contributed by atoms with Crippen molar-refractivity contribution >= 4 is 27.5 Å². The van der Waals surface area contributed by atoms with Crippen LogP contribution in [0.3, 0.4) is 0 Å². The van der Waals surface area contributed by atoms with Crippen LogP contribution in [0, 0.1) is 6.92 Å². The number of benzene rings is 1. The lowest BCUT2D eigenvalue weighted by atomic mass is 10.1. The quantitative estimate of drug-likeness (QED) is 0.603. The smallest absolute Gasteiger partial charge is 0.204 e. The maximum Gasteiger partial charge on any atom is 0.204 e. The lowest BCUT2D eigenvalue weighted by molar-refractivity contribution is 0.818. The molecule has 1 aliphatic heterocycles. The van der Waals surface area contributed by atoms with Gasteiger partial charge in [0.1, 0.15) is 5.69 Å². The van der Waals surface area contributed by atoms with E-state index in [1.54, 1.807) is 11.3 Å². The van der Waals surface area contributed by atoms with Crippen LogP contribution >= 0.6 is 11.3 Å². The van der Waals surface area contributed by atoms with Crippen molar-refractivity contribution in [2.24, 2.45) is 0 Å². The summed E-state index contributed by atoms with van der Waals surface area (Å²) in [6.07, 6.45) is 0. The van der Waals surface area contributed by atoms with E-state index >= 15 is 0 Å². The number of hydrogen-bond donors (Lipinski definition) is 1. The van der Waals surface area contributed by atoms with E-state index in [2.05, 4.69) is 33.1 Å². The van der Waals surface area contributed by atoms with Crippen LogP contribution in [0.2, 0.25) is 0 Å². The van der Waals surface area contributed by atoms with Crippen LogP contribution in [-0.4, -0.2) is 26.1 Å². The molecule has 6 heteroatoms. The summed E-state index contributed by atoms with van der Waals surface area (Å²) in [5.41, 5.74) is 8.08. The molecule has 0 spiro atoms. The van der Waals surface area contributed by atoms with Crippen LogP contribution in [0.1, 0.15) is 5.69 Å². The first-order chi connectivity index (χ1) is 11.8. The highest BCUT2D eigenvalue weighted by Crippen LogP contribution is 2.39. The summed E-state index contributed by atoms with van der Waals surface area (Å²) >= 11 is 1.67. The minimum absolute atomic E-state index is 0.912. The molecule has 0 amide bonds. The summed E-state index contributed by atoms with van der Waals surface area (Å²) < 4.78 is 3.45. The highest BCUT2D eigenvalue weighted by atomic mass is 32.1. The molecule has 0 bridgehead atoms. The Labute approximate surface area is 143 Å². The fraction of sp³-hybridized carbons (Fsp3) is 0.167. The Balaban J connectivity index is 1.83. The van der Waals surface area contributed by atoms with Gasteiger partial charge in [-0.2, -0.15) is 0 Å². The number of rotatable bonds is 2. The van der Waals surface area contributed by atoms with Crippen LogP contribution in [0.4, 0.5) is 5.95 Å². The zero-order valence-electron chi connectivity index (χ0n) is 13.2. The Morgan fingerprint density at radius 2 is 2.04 bits per heavy atom. The summed E-state index contributed by atoms with van der Waals surface area (Å²) in [4.78, 5) is 14.0. The van der Waals surface area contributed by atoms with Crippen LogP contribution in [0.25, 0.3) is 32.9 Å². The molecule has 1 aliphatic rings. The van der Waals surface area contributed by atoms with Crippen LogP contribution in [0.5, 0.6) is 0 Å². The molecule has 0 radical (unpaired) electrons. The van der Waals surface area contributed by atoms with Gasteiger partial charge >= 0.3 is 0 Å². The van der Waals surface area contributed by atoms with Crippen molar-refractivity contribution in [2.75, 3.05) is 11.9 Å². The van der Waals surface area contributed by atoms with Crippen molar-refractivity contribution in [1.82, 2.24) is 19.5 Å². The second-order valence-corrected chi connectivity index (χ2v) is 6.74. The van der Waals surface area contributed by atoms with E-state index in [0.717, 1.165) is 47.3 Å². The highest BCUT2D eigenvalue weighted by molar-refractivity contribution is 7.17. The number of nitrogens with zero attached hydrogens (tertiary/aromatic N) is 4. The number of aryl methyl sites for hydroxylation is 1. The number of fused-ring (bicyclic) bond motifs is 2. The summed E-state index contributed by atoms with van der Waals surface area (Å²) in [6.45, 7) is 3.84. The molecular formula is C18H15N5S. The second-order valence-electron chi connectivity index (χ2n) is 5.88. The molecule has 0 fully saturated rings. The van der Waals surface area contributed by atoms with E-state index in [1.165, 1.54) is 10.3 Å². The Bertz CT molecular complexity index is 1060. The first-order valence-electron chi connectivity index (χ1n) is 7.92. The van der Waals surface area contributed by atoms with Gasteiger partial charge in [0.15, 0.2) is 0 Å². The minimum Gasteiger partial charge on any atom is -0.354 e. The van der Waals surface area contributed by atoms with Crippen molar-refractivity contribution < 1.29 is 0 Å². The molecule has 24 heavy (non-hydrogen) atoms. The largest absolute Gasteiger partial charge is 0.354 e. The molecule has 0 atom stereocenters. The average Bonchev–Trinajstić information content (AvgIpc) is 3.29. The third-order valence-electron chi connectivity index (χ3n) is 4.33. The standard InChI is InChI=1S/C18H15N5S/c1-11-4-2-6-13(21-11)15-16(23-9-8-19-18(23)22-15)12-5-3-7-14-17(12)24-10-20-14/h2-7,10H,8-9H2,1H3,(H,19,22). The van der Waals surface area contributed by atoms with Crippen molar-refractivity contribution in [1.29, 1.82) is 0 Å². The van der Waals surface area contributed by atoms with Gasteiger partial charge in [-0.05, 0) is 25.1 Å². The van der Waals surface area contributed by atoms with Gasteiger partial charge in [0.2, 0.25) is 5.95 Å². The molecule has 0 aliphatic carbocycles. The summed E-state index contributed by atoms with van der Waals surface area (Å²) in [7, 11) is 0. The van der Waals surface area contributed by atoms with Crippen molar-refractivity contribution in [3.8, 4) is 22.6 Å². The second kappa shape index (κ2) is 5.14. The molecule has 0 saturated carbocycles. The molecule has 0 saturated heterocycles. The van der Waals surface area contributed by atoms with Gasteiger partial charge in [-0.25, -0.2) is 9.97 Å². The summed E-state index contributed by atoms with van der Waals surface area (Å²) in [5, 5.41) is 3.37. The van der Waals surface area contributed by atoms with Crippen LogP contribution in [-0.2, 0) is 6.54 Å². The van der Waals surface area contributed by atoms with Gasteiger partial charge in [0, 0.05) is 24.3 Å². The predicted molar refractivity (Wildman–Crippen MR) is 97.3 cm³/mol.